The number of halogens is 2. The lowest BCUT2D eigenvalue weighted by Crippen LogP contribution is -2.18. The van der Waals surface area contributed by atoms with Crippen LogP contribution in [0.1, 0.15) is 12.7 Å². The van der Waals surface area contributed by atoms with E-state index >= 15 is 0 Å². The average Bonchev–Trinajstić information content (AvgIpc) is 3.09. The lowest BCUT2D eigenvalue weighted by Gasteiger charge is -2.09. The van der Waals surface area contributed by atoms with Crippen LogP contribution in [-0.2, 0) is 22.6 Å². The summed E-state index contributed by atoms with van der Waals surface area (Å²) in [5, 5.41) is 15.4. The fraction of sp³-hybridized carbons (Fsp3) is 0.200. The van der Waals surface area contributed by atoms with E-state index in [9.17, 15) is 9.59 Å². The van der Waals surface area contributed by atoms with Crippen molar-refractivity contribution in [2.24, 2.45) is 0 Å². The van der Waals surface area contributed by atoms with E-state index in [1.807, 2.05) is 11.5 Å². The number of nitrogens with zero attached hydrogens (tertiary/aromatic N) is 3. The summed E-state index contributed by atoms with van der Waals surface area (Å²) in [7, 11) is 0. The molecule has 0 saturated heterocycles. The van der Waals surface area contributed by atoms with E-state index in [-0.39, 0.29) is 24.0 Å². The number of para-hydroxylation sites is 1. The highest BCUT2D eigenvalue weighted by molar-refractivity contribution is 7.99. The number of nitrogens with one attached hydrogen (secondary N) is 2. The Hall–Kier alpha value is -2.55. The van der Waals surface area contributed by atoms with Gasteiger partial charge in [-0.25, -0.2) is 0 Å². The van der Waals surface area contributed by atoms with Crippen LogP contribution >= 0.6 is 35.0 Å². The number of rotatable bonds is 8. The van der Waals surface area contributed by atoms with Crippen LogP contribution in [-0.4, -0.2) is 32.3 Å². The van der Waals surface area contributed by atoms with Crippen LogP contribution in [0.15, 0.2) is 53.7 Å². The van der Waals surface area contributed by atoms with E-state index in [4.69, 9.17) is 23.2 Å². The number of hydrogen-bond donors (Lipinski definition) is 2. The van der Waals surface area contributed by atoms with Gasteiger partial charge in [-0.2, -0.15) is 0 Å². The van der Waals surface area contributed by atoms with Gasteiger partial charge in [0.15, 0.2) is 5.16 Å². The molecule has 2 amide bonds. The molecule has 30 heavy (non-hydrogen) atoms. The second-order valence-corrected chi connectivity index (χ2v) is 7.98. The van der Waals surface area contributed by atoms with Crippen molar-refractivity contribution in [1.82, 2.24) is 14.8 Å². The summed E-state index contributed by atoms with van der Waals surface area (Å²) < 4.78 is 1.81. The van der Waals surface area contributed by atoms with Gasteiger partial charge in [0.25, 0.3) is 0 Å². The number of aromatic nitrogens is 3. The molecule has 1 heterocycles. The first-order valence-electron chi connectivity index (χ1n) is 9.11. The van der Waals surface area contributed by atoms with Gasteiger partial charge in [-0.1, -0.05) is 53.2 Å². The molecule has 2 aromatic carbocycles. The van der Waals surface area contributed by atoms with Crippen molar-refractivity contribution in [3.05, 3.63) is 64.4 Å². The largest absolute Gasteiger partial charge is 0.325 e. The second-order valence-electron chi connectivity index (χ2n) is 6.20. The first-order valence-corrected chi connectivity index (χ1v) is 10.8. The van der Waals surface area contributed by atoms with Crippen LogP contribution in [0, 0.1) is 0 Å². The minimum Gasteiger partial charge on any atom is -0.325 e. The highest BCUT2D eigenvalue weighted by Gasteiger charge is 2.16. The van der Waals surface area contributed by atoms with Gasteiger partial charge in [-0.3, -0.25) is 9.59 Å². The van der Waals surface area contributed by atoms with Crippen molar-refractivity contribution < 1.29 is 9.59 Å². The van der Waals surface area contributed by atoms with Gasteiger partial charge in [0.2, 0.25) is 11.8 Å². The summed E-state index contributed by atoms with van der Waals surface area (Å²) in [4.78, 5) is 24.6. The molecule has 0 radical (unpaired) electrons. The minimum absolute atomic E-state index is 0.0430. The number of amides is 2. The molecular formula is C20H19Cl2N5O2S. The normalized spacial score (nSPS) is 10.6. The van der Waals surface area contributed by atoms with E-state index < -0.39 is 0 Å². The molecule has 0 aliphatic heterocycles. The SMILES string of the molecule is CCn1c(CC(=O)Nc2ccccc2Cl)nnc1SCC(=O)Nc1cccc(Cl)c1. The molecule has 0 aliphatic carbocycles. The maximum atomic E-state index is 12.4. The molecule has 0 fully saturated rings. The van der Waals surface area contributed by atoms with Gasteiger partial charge in [-0.05, 0) is 37.3 Å². The number of carbonyl (C=O) groups excluding carboxylic acids is 2. The Morgan fingerprint density at radius 2 is 1.83 bits per heavy atom. The molecule has 3 aromatic rings. The summed E-state index contributed by atoms with van der Waals surface area (Å²) in [6.45, 7) is 2.49. The molecule has 10 heteroatoms. The van der Waals surface area contributed by atoms with Gasteiger partial charge in [0, 0.05) is 17.3 Å². The smallest absolute Gasteiger partial charge is 0.234 e. The zero-order valence-electron chi connectivity index (χ0n) is 16.1. The number of carbonyl (C=O) groups is 2. The van der Waals surface area contributed by atoms with Crippen LogP contribution in [0.4, 0.5) is 11.4 Å². The van der Waals surface area contributed by atoms with Crippen molar-refractivity contribution >= 4 is 58.2 Å². The first kappa shape index (κ1) is 22.1. The van der Waals surface area contributed by atoms with Gasteiger partial charge in [0.1, 0.15) is 5.82 Å². The quantitative estimate of drug-likeness (QED) is 0.479. The maximum Gasteiger partial charge on any atom is 0.234 e. The molecule has 0 aliphatic rings. The molecule has 0 atom stereocenters. The van der Waals surface area contributed by atoms with Crippen LogP contribution in [0.25, 0.3) is 0 Å². The predicted octanol–water partition coefficient (Wildman–Crippen LogP) is 4.52. The van der Waals surface area contributed by atoms with E-state index in [1.165, 1.54) is 11.8 Å². The minimum atomic E-state index is -0.250. The van der Waals surface area contributed by atoms with Crippen LogP contribution < -0.4 is 10.6 Å². The average molecular weight is 464 g/mol. The van der Waals surface area contributed by atoms with Crippen LogP contribution in [0.5, 0.6) is 0 Å². The van der Waals surface area contributed by atoms with E-state index in [2.05, 4.69) is 20.8 Å². The van der Waals surface area contributed by atoms with E-state index in [0.717, 1.165) is 0 Å². The van der Waals surface area contributed by atoms with Gasteiger partial charge < -0.3 is 15.2 Å². The summed E-state index contributed by atoms with van der Waals surface area (Å²) in [5.74, 6) is 0.224. The lowest BCUT2D eigenvalue weighted by atomic mass is 10.3. The van der Waals surface area contributed by atoms with Gasteiger partial charge >= 0.3 is 0 Å². The Balaban J connectivity index is 1.59. The van der Waals surface area contributed by atoms with Crippen molar-refractivity contribution in [1.29, 1.82) is 0 Å². The lowest BCUT2D eigenvalue weighted by molar-refractivity contribution is -0.116. The molecule has 0 unspecified atom stereocenters. The number of hydrogen-bond acceptors (Lipinski definition) is 5. The summed E-state index contributed by atoms with van der Waals surface area (Å²) in [6, 6.07) is 13.9. The molecule has 156 valence electrons. The summed E-state index contributed by atoms with van der Waals surface area (Å²) in [5.41, 5.74) is 1.17. The molecule has 0 spiro atoms. The molecular weight excluding hydrogens is 445 g/mol. The van der Waals surface area contributed by atoms with Crippen molar-refractivity contribution in [2.75, 3.05) is 16.4 Å². The molecule has 2 N–H and O–H groups in total. The Kier molecular flexibility index (Phi) is 7.73. The molecule has 3 rings (SSSR count). The van der Waals surface area contributed by atoms with Crippen molar-refractivity contribution in [2.45, 2.75) is 25.0 Å². The first-order chi connectivity index (χ1) is 14.5. The Morgan fingerprint density at radius 3 is 2.57 bits per heavy atom. The highest BCUT2D eigenvalue weighted by atomic mass is 35.5. The predicted molar refractivity (Wildman–Crippen MR) is 120 cm³/mol. The Labute approximate surface area is 188 Å². The fourth-order valence-electron chi connectivity index (χ4n) is 2.67. The summed E-state index contributed by atoms with van der Waals surface area (Å²) in [6.07, 6.45) is 0.0430. The molecule has 0 bridgehead atoms. The number of thioether (sulfide) groups is 1. The van der Waals surface area contributed by atoms with Gasteiger partial charge in [-0.15, -0.1) is 10.2 Å². The number of anilines is 2. The highest BCUT2D eigenvalue weighted by Crippen LogP contribution is 2.22. The van der Waals surface area contributed by atoms with E-state index in [1.54, 1.807) is 48.5 Å². The van der Waals surface area contributed by atoms with Gasteiger partial charge in [0.05, 0.1) is 22.9 Å². The number of benzene rings is 2. The third-order valence-corrected chi connectivity index (χ3v) is 5.55. The van der Waals surface area contributed by atoms with Crippen molar-refractivity contribution in [3.63, 3.8) is 0 Å². The monoisotopic (exact) mass is 463 g/mol. The van der Waals surface area contributed by atoms with Crippen LogP contribution in [0.2, 0.25) is 10.0 Å². The van der Waals surface area contributed by atoms with Crippen molar-refractivity contribution in [3.8, 4) is 0 Å². The zero-order chi connectivity index (χ0) is 21.5. The Bertz CT molecular complexity index is 1060. The molecule has 0 saturated carbocycles. The third kappa shape index (κ3) is 5.98. The summed E-state index contributed by atoms with van der Waals surface area (Å²) >= 11 is 13.3. The topological polar surface area (TPSA) is 88.9 Å². The fourth-order valence-corrected chi connectivity index (χ4v) is 3.86. The zero-order valence-corrected chi connectivity index (χ0v) is 18.4. The Morgan fingerprint density at radius 1 is 1.03 bits per heavy atom. The standard InChI is InChI=1S/C20H19Cl2N5O2S/c1-2-27-17(11-18(28)24-16-9-4-3-8-15(16)22)25-26-20(27)30-12-19(29)23-14-7-5-6-13(21)10-14/h3-10H,2,11-12H2,1H3,(H,23,29)(H,24,28). The maximum absolute atomic E-state index is 12.4. The third-order valence-electron chi connectivity index (χ3n) is 4.02. The second kappa shape index (κ2) is 10.5. The van der Waals surface area contributed by atoms with Crippen LogP contribution in [0.3, 0.4) is 0 Å². The van der Waals surface area contributed by atoms with E-state index in [0.29, 0.717) is 38.9 Å². The molecule has 1 aromatic heterocycles. The molecule has 7 nitrogen and oxygen atoms in total.